The van der Waals surface area contributed by atoms with Gasteiger partial charge in [-0.1, -0.05) is 6.07 Å². The number of aliphatic hydroxyl groups is 2. The molecule has 128 valence electrons. The van der Waals surface area contributed by atoms with Crippen LogP contribution in [0.5, 0.6) is 0 Å². The molecule has 2 heterocycles. The summed E-state index contributed by atoms with van der Waals surface area (Å²) in [6, 6.07) is 8.74. The van der Waals surface area contributed by atoms with Gasteiger partial charge >= 0.3 is 0 Å². The number of carbonyl (C=O) groups is 1. The Bertz CT molecular complexity index is 672. The molecule has 0 bridgehead atoms. The van der Waals surface area contributed by atoms with Gasteiger partial charge in [-0.25, -0.2) is 0 Å². The molecular formula is C18H22N2O4. The summed E-state index contributed by atoms with van der Waals surface area (Å²) >= 11 is 0. The number of hydrogen-bond acceptors (Lipinski definition) is 5. The molecule has 2 saturated heterocycles. The van der Waals surface area contributed by atoms with E-state index in [1.807, 2.05) is 6.07 Å². The third-order valence-corrected chi connectivity index (χ3v) is 5.15. The van der Waals surface area contributed by atoms with Crippen LogP contribution >= 0.6 is 0 Å². The van der Waals surface area contributed by atoms with E-state index in [1.54, 1.807) is 36.1 Å². The fraction of sp³-hybridized carbons (Fsp3) is 0.556. The number of carbonyl (C=O) groups excluding carboxylic acids is 1. The van der Waals surface area contributed by atoms with Crippen LogP contribution in [0.25, 0.3) is 0 Å². The number of amides is 1. The second-order valence-corrected chi connectivity index (χ2v) is 7.03. The Morgan fingerprint density at radius 2 is 2.12 bits per heavy atom. The van der Waals surface area contributed by atoms with Gasteiger partial charge in [-0.05, 0) is 38.0 Å². The number of rotatable bonds is 1. The minimum atomic E-state index is -1.16. The SMILES string of the molecule is C[C@]1(O)CC2(CCN(C(=O)c3cccc(C#N)c3)CC2)OC[C@@H]1O. The van der Waals surface area contributed by atoms with Crippen molar-refractivity contribution < 1.29 is 19.7 Å². The van der Waals surface area contributed by atoms with Crippen molar-refractivity contribution in [2.24, 2.45) is 0 Å². The lowest BCUT2D eigenvalue weighted by molar-refractivity contribution is -0.221. The first-order valence-electron chi connectivity index (χ1n) is 8.19. The minimum Gasteiger partial charge on any atom is -0.388 e. The van der Waals surface area contributed by atoms with Crippen LogP contribution in [-0.4, -0.2) is 58.0 Å². The third-order valence-electron chi connectivity index (χ3n) is 5.15. The summed E-state index contributed by atoms with van der Waals surface area (Å²) in [7, 11) is 0. The molecular weight excluding hydrogens is 308 g/mol. The number of likely N-dealkylation sites (tertiary alicyclic amines) is 1. The quantitative estimate of drug-likeness (QED) is 0.803. The highest BCUT2D eigenvalue weighted by atomic mass is 16.5. The summed E-state index contributed by atoms with van der Waals surface area (Å²) in [6.45, 7) is 2.81. The number of nitriles is 1. The molecule has 2 aliphatic rings. The van der Waals surface area contributed by atoms with E-state index < -0.39 is 17.3 Å². The van der Waals surface area contributed by atoms with Crippen LogP contribution in [0.4, 0.5) is 0 Å². The van der Waals surface area contributed by atoms with Crippen molar-refractivity contribution in [2.75, 3.05) is 19.7 Å². The van der Waals surface area contributed by atoms with Gasteiger partial charge in [0.1, 0.15) is 6.10 Å². The second-order valence-electron chi connectivity index (χ2n) is 7.03. The number of benzene rings is 1. The van der Waals surface area contributed by atoms with Crippen LogP contribution in [0.15, 0.2) is 24.3 Å². The number of ether oxygens (including phenoxy) is 1. The summed E-state index contributed by atoms with van der Waals surface area (Å²) in [6.07, 6.45) is 0.739. The van der Waals surface area contributed by atoms with Crippen LogP contribution in [0.3, 0.4) is 0 Å². The molecule has 1 amide bonds. The van der Waals surface area contributed by atoms with E-state index in [0.717, 1.165) is 0 Å². The normalized spacial score (nSPS) is 29.2. The second kappa shape index (κ2) is 6.17. The maximum Gasteiger partial charge on any atom is 0.253 e. The van der Waals surface area contributed by atoms with Gasteiger partial charge in [-0.2, -0.15) is 5.26 Å². The molecule has 6 heteroatoms. The fourth-order valence-corrected chi connectivity index (χ4v) is 3.60. The van der Waals surface area contributed by atoms with E-state index in [9.17, 15) is 15.0 Å². The van der Waals surface area contributed by atoms with E-state index in [4.69, 9.17) is 10.00 Å². The number of hydrogen-bond donors (Lipinski definition) is 2. The molecule has 1 aromatic rings. The molecule has 0 saturated carbocycles. The minimum absolute atomic E-state index is 0.0930. The summed E-state index contributed by atoms with van der Waals surface area (Å²) in [5.74, 6) is -0.0930. The molecule has 6 nitrogen and oxygen atoms in total. The van der Waals surface area contributed by atoms with E-state index in [0.29, 0.717) is 43.5 Å². The summed E-state index contributed by atoms with van der Waals surface area (Å²) in [4.78, 5) is 14.4. The van der Waals surface area contributed by atoms with E-state index >= 15 is 0 Å². The first-order chi connectivity index (χ1) is 11.4. The zero-order valence-electron chi connectivity index (χ0n) is 13.7. The maximum atomic E-state index is 12.6. The van der Waals surface area contributed by atoms with Crippen molar-refractivity contribution in [2.45, 2.75) is 43.5 Å². The summed E-state index contributed by atoms with van der Waals surface area (Å²) in [5, 5.41) is 29.1. The number of aliphatic hydroxyl groups excluding tert-OH is 1. The molecule has 0 aliphatic carbocycles. The average molecular weight is 330 g/mol. The largest absolute Gasteiger partial charge is 0.388 e. The highest BCUT2D eigenvalue weighted by Crippen LogP contribution is 2.39. The van der Waals surface area contributed by atoms with Crippen molar-refractivity contribution in [1.82, 2.24) is 4.90 Å². The lowest BCUT2D eigenvalue weighted by atomic mass is 9.76. The van der Waals surface area contributed by atoms with Crippen LogP contribution in [-0.2, 0) is 4.74 Å². The van der Waals surface area contributed by atoms with E-state index in [1.165, 1.54) is 0 Å². The molecule has 0 unspecified atom stereocenters. The molecule has 0 radical (unpaired) electrons. The van der Waals surface area contributed by atoms with E-state index in [-0.39, 0.29) is 12.5 Å². The van der Waals surface area contributed by atoms with Crippen molar-refractivity contribution in [3.63, 3.8) is 0 Å². The molecule has 2 N–H and O–H groups in total. The van der Waals surface area contributed by atoms with Crippen LogP contribution < -0.4 is 0 Å². The predicted molar refractivity (Wildman–Crippen MR) is 86.2 cm³/mol. The van der Waals surface area contributed by atoms with Crippen LogP contribution in [0.1, 0.15) is 42.1 Å². The maximum absolute atomic E-state index is 12.6. The summed E-state index contributed by atoms with van der Waals surface area (Å²) < 4.78 is 5.83. The first-order valence-corrected chi connectivity index (χ1v) is 8.19. The molecule has 2 atom stereocenters. The van der Waals surface area contributed by atoms with E-state index in [2.05, 4.69) is 0 Å². The van der Waals surface area contributed by atoms with Crippen molar-refractivity contribution in [1.29, 1.82) is 5.26 Å². The molecule has 2 fully saturated rings. The lowest BCUT2D eigenvalue weighted by Gasteiger charge is -2.49. The third kappa shape index (κ3) is 3.16. The van der Waals surface area contributed by atoms with Crippen molar-refractivity contribution >= 4 is 5.91 Å². The molecule has 2 aliphatic heterocycles. The van der Waals surface area contributed by atoms with Gasteiger partial charge in [0.05, 0.1) is 29.4 Å². The average Bonchev–Trinajstić information content (AvgIpc) is 2.58. The Morgan fingerprint density at radius 3 is 2.75 bits per heavy atom. The van der Waals surface area contributed by atoms with Gasteiger partial charge in [0.2, 0.25) is 0 Å². The molecule has 1 aromatic carbocycles. The van der Waals surface area contributed by atoms with Crippen LogP contribution in [0.2, 0.25) is 0 Å². The van der Waals surface area contributed by atoms with Gasteiger partial charge in [-0.3, -0.25) is 4.79 Å². The van der Waals surface area contributed by atoms with Gasteiger partial charge in [0.15, 0.2) is 0 Å². The Labute approximate surface area is 141 Å². The summed E-state index contributed by atoms with van der Waals surface area (Å²) in [5.41, 5.74) is -0.661. The zero-order valence-corrected chi connectivity index (χ0v) is 13.7. The van der Waals surface area contributed by atoms with Gasteiger partial charge in [0.25, 0.3) is 5.91 Å². The molecule has 3 rings (SSSR count). The zero-order chi connectivity index (χ0) is 17.4. The molecule has 24 heavy (non-hydrogen) atoms. The lowest BCUT2D eigenvalue weighted by Crippen LogP contribution is -2.59. The Kier molecular flexibility index (Phi) is 4.35. The van der Waals surface area contributed by atoms with Crippen molar-refractivity contribution in [3.8, 4) is 6.07 Å². The Hall–Kier alpha value is -1.94. The molecule has 1 spiro atoms. The van der Waals surface area contributed by atoms with Gasteiger partial charge in [0, 0.05) is 25.1 Å². The van der Waals surface area contributed by atoms with Crippen LogP contribution in [0, 0.1) is 11.3 Å². The van der Waals surface area contributed by atoms with Crippen molar-refractivity contribution in [3.05, 3.63) is 35.4 Å². The van der Waals surface area contributed by atoms with Gasteiger partial charge < -0.3 is 19.8 Å². The smallest absolute Gasteiger partial charge is 0.253 e. The highest BCUT2D eigenvalue weighted by Gasteiger charge is 2.49. The topological polar surface area (TPSA) is 93.8 Å². The number of nitrogens with zero attached hydrogens (tertiary/aromatic N) is 2. The highest BCUT2D eigenvalue weighted by molar-refractivity contribution is 5.94. The monoisotopic (exact) mass is 330 g/mol. The first kappa shape index (κ1) is 16.9. The number of piperidine rings is 1. The van der Waals surface area contributed by atoms with Gasteiger partial charge in [-0.15, -0.1) is 0 Å². The standard InChI is InChI=1S/C18H22N2O4/c1-17(23)12-18(24-11-15(17)21)5-7-20(8-6-18)16(22)14-4-2-3-13(9-14)10-19/h2-4,9,15,21,23H,5-8,11-12H2,1H3/t15-,17-/m0/s1. The molecule has 0 aromatic heterocycles. The predicted octanol–water partition coefficient (Wildman–Crippen LogP) is 1.07. The fourth-order valence-electron chi connectivity index (χ4n) is 3.60. The Balaban J connectivity index is 1.67. The Morgan fingerprint density at radius 1 is 1.42 bits per heavy atom.